The van der Waals surface area contributed by atoms with Gasteiger partial charge in [-0.15, -0.1) is 0 Å². The summed E-state index contributed by atoms with van der Waals surface area (Å²) in [7, 11) is 0. The minimum Gasteiger partial charge on any atom is -0.494 e. The molecule has 0 saturated carbocycles. The third kappa shape index (κ3) is 4.49. The number of hydrogen-bond donors (Lipinski definition) is 1. The largest absolute Gasteiger partial charge is 0.494 e. The van der Waals surface area contributed by atoms with E-state index < -0.39 is 0 Å². The number of anilines is 1. The predicted octanol–water partition coefficient (Wildman–Crippen LogP) is 4.32. The second kappa shape index (κ2) is 7.05. The third-order valence-corrected chi connectivity index (χ3v) is 3.27. The summed E-state index contributed by atoms with van der Waals surface area (Å²) in [5.74, 6) is 0.777. The van der Waals surface area contributed by atoms with Crippen LogP contribution in [-0.4, -0.2) is 6.61 Å². The van der Waals surface area contributed by atoms with Crippen LogP contribution in [0.25, 0.3) is 0 Å². The maximum Gasteiger partial charge on any atom is 0.120 e. The van der Waals surface area contributed by atoms with E-state index in [0.717, 1.165) is 25.0 Å². The van der Waals surface area contributed by atoms with E-state index >= 15 is 0 Å². The quantitative estimate of drug-likeness (QED) is 0.629. The van der Waals surface area contributed by atoms with Gasteiger partial charge in [-0.2, -0.15) is 0 Å². The van der Waals surface area contributed by atoms with E-state index in [1.165, 1.54) is 5.56 Å². The zero-order valence-electron chi connectivity index (χ0n) is 10.8. The lowest BCUT2D eigenvalue weighted by molar-refractivity contribution is 0.307. The van der Waals surface area contributed by atoms with Crippen LogP contribution in [0.4, 0.5) is 5.69 Å². The first-order chi connectivity index (χ1) is 9.25. The maximum atomic E-state index is 5.93. The SMILES string of the molecule is Nc1ccc(OCCCCc2ccccc2)cc1Cl. The molecule has 2 aromatic carbocycles. The van der Waals surface area contributed by atoms with Crippen molar-refractivity contribution >= 4 is 17.3 Å². The van der Waals surface area contributed by atoms with Gasteiger partial charge in [0.05, 0.1) is 17.3 Å². The van der Waals surface area contributed by atoms with Crippen LogP contribution in [0, 0.1) is 0 Å². The van der Waals surface area contributed by atoms with Gasteiger partial charge in [-0.05, 0) is 37.0 Å². The fraction of sp³-hybridized carbons (Fsp3) is 0.250. The van der Waals surface area contributed by atoms with E-state index in [-0.39, 0.29) is 0 Å². The van der Waals surface area contributed by atoms with E-state index in [2.05, 4.69) is 24.3 Å². The van der Waals surface area contributed by atoms with Crippen molar-refractivity contribution < 1.29 is 4.74 Å². The summed E-state index contributed by atoms with van der Waals surface area (Å²) in [6.45, 7) is 0.701. The normalized spacial score (nSPS) is 10.4. The molecule has 0 aliphatic rings. The fourth-order valence-electron chi connectivity index (χ4n) is 1.86. The zero-order chi connectivity index (χ0) is 13.5. The van der Waals surface area contributed by atoms with Gasteiger partial charge >= 0.3 is 0 Å². The van der Waals surface area contributed by atoms with Crippen molar-refractivity contribution in [2.75, 3.05) is 12.3 Å². The highest BCUT2D eigenvalue weighted by atomic mass is 35.5. The molecular formula is C16H18ClNO. The van der Waals surface area contributed by atoms with Gasteiger partial charge < -0.3 is 10.5 Å². The first-order valence-corrected chi connectivity index (χ1v) is 6.85. The van der Waals surface area contributed by atoms with Gasteiger partial charge in [0.15, 0.2) is 0 Å². The Morgan fingerprint density at radius 1 is 1.00 bits per heavy atom. The highest BCUT2D eigenvalue weighted by Crippen LogP contribution is 2.24. The lowest BCUT2D eigenvalue weighted by atomic mass is 10.1. The van der Waals surface area contributed by atoms with Crippen LogP contribution in [0.1, 0.15) is 18.4 Å². The molecule has 0 radical (unpaired) electrons. The molecule has 0 atom stereocenters. The molecule has 19 heavy (non-hydrogen) atoms. The molecule has 2 aromatic rings. The lowest BCUT2D eigenvalue weighted by Gasteiger charge is -2.07. The van der Waals surface area contributed by atoms with Crippen molar-refractivity contribution in [1.82, 2.24) is 0 Å². The monoisotopic (exact) mass is 275 g/mol. The average molecular weight is 276 g/mol. The number of aryl methyl sites for hydroxylation is 1. The number of hydrogen-bond acceptors (Lipinski definition) is 2. The van der Waals surface area contributed by atoms with E-state index in [9.17, 15) is 0 Å². The highest BCUT2D eigenvalue weighted by Gasteiger charge is 1.99. The molecule has 0 fully saturated rings. The van der Waals surface area contributed by atoms with Crippen LogP contribution in [0.3, 0.4) is 0 Å². The fourth-order valence-corrected chi connectivity index (χ4v) is 2.03. The van der Waals surface area contributed by atoms with Crippen LogP contribution >= 0.6 is 11.6 Å². The Labute approximate surface area is 119 Å². The second-order valence-electron chi connectivity index (χ2n) is 4.47. The number of benzene rings is 2. The topological polar surface area (TPSA) is 35.2 Å². The highest BCUT2D eigenvalue weighted by molar-refractivity contribution is 6.33. The Bertz CT molecular complexity index is 513. The number of nitrogens with two attached hydrogens (primary N) is 1. The molecule has 0 saturated heterocycles. The number of halogens is 1. The van der Waals surface area contributed by atoms with Crippen molar-refractivity contribution in [3.8, 4) is 5.75 Å². The first-order valence-electron chi connectivity index (χ1n) is 6.47. The zero-order valence-corrected chi connectivity index (χ0v) is 11.6. The Kier molecular flexibility index (Phi) is 5.10. The van der Waals surface area contributed by atoms with Gasteiger partial charge in [0.25, 0.3) is 0 Å². The molecule has 2 N–H and O–H groups in total. The molecule has 0 amide bonds. The van der Waals surface area contributed by atoms with Crippen molar-refractivity contribution in [3.63, 3.8) is 0 Å². The summed E-state index contributed by atoms with van der Waals surface area (Å²) < 4.78 is 5.64. The molecule has 0 heterocycles. The van der Waals surface area contributed by atoms with Gasteiger partial charge in [-0.1, -0.05) is 41.9 Å². The molecule has 2 rings (SSSR count). The molecule has 0 aliphatic heterocycles. The molecule has 2 nitrogen and oxygen atoms in total. The van der Waals surface area contributed by atoms with E-state index in [0.29, 0.717) is 17.3 Å². The molecule has 0 spiro atoms. The van der Waals surface area contributed by atoms with Crippen LogP contribution in [0.5, 0.6) is 5.75 Å². The Balaban J connectivity index is 1.68. The van der Waals surface area contributed by atoms with Gasteiger partial charge in [-0.3, -0.25) is 0 Å². The minimum atomic E-state index is 0.543. The van der Waals surface area contributed by atoms with Gasteiger partial charge in [0.2, 0.25) is 0 Å². The molecule has 0 aromatic heterocycles. The molecule has 3 heteroatoms. The Morgan fingerprint density at radius 2 is 1.79 bits per heavy atom. The molecule has 0 unspecified atom stereocenters. The third-order valence-electron chi connectivity index (χ3n) is 2.94. The summed E-state index contributed by atoms with van der Waals surface area (Å²) in [4.78, 5) is 0. The summed E-state index contributed by atoms with van der Waals surface area (Å²) in [6, 6.07) is 15.9. The minimum absolute atomic E-state index is 0.543. The van der Waals surface area contributed by atoms with Crippen molar-refractivity contribution in [1.29, 1.82) is 0 Å². The number of nitrogen functional groups attached to an aromatic ring is 1. The second-order valence-corrected chi connectivity index (χ2v) is 4.88. The summed E-state index contributed by atoms with van der Waals surface area (Å²) in [5, 5.41) is 0.543. The predicted molar refractivity (Wildman–Crippen MR) is 80.7 cm³/mol. The van der Waals surface area contributed by atoms with Crippen LogP contribution in [0.2, 0.25) is 5.02 Å². The average Bonchev–Trinajstić information content (AvgIpc) is 2.43. The maximum absolute atomic E-state index is 5.93. The number of rotatable bonds is 6. The van der Waals surface area contributed by atoms with Gasteiger partial charge in [0.1, 0.15) is 5.75 Å². The van der Waals surface area contributed by atoms with Crippen molar-refractivity contribution in [2.24, 2.45) is 0 Å². The lowest BCUT2D eigenvalue weighted by Crippen LogP contribution is -1.99. The smallest absolute Gasteiger partial charge is 0.120 e. The van der Waals surface area contributed by atoms with E-state index in [1.807, 2.05) is 12.1 Å². The molecule has 0 aliphatic carbocycles. The van der Waals surface area contributed by atoms with Crippen LogP contribution in [0.15, 0.2) is 48.5 Å². The van der Waals surface area contributed by atoms with Crippen LogP contribution in [-0.2, 0) is 6.42 Å². The van der Waals surface area contributed by atoms with E-state index in [4.69, 9.17) is 22.1 Å². The van der Waals surface area contributed by atoms with Crippen LogP contribution < -0.4 is 10.5 Å². The van der Waals surface area contributed by atoms with E-state index in [1.54, 1.807) is 12.1 Å². The summed E-state index contributed by atoms with van der Waals surface area (Å²) >= 11 is 5.93. The molecular weight excluding hydrogens is 258 g/mol. The van der Waals surface area contributed by atoms with Crippen molar-refractivity contribution in [2.45, 2.75) is 19.3 Å². The summed E-state index contributed by atoms with van der Waals surface area (Å²) in [6.07, 6.45) is 3.23. The van der Waals surface area contributed by atoms with Gasteiger partial charge in [-0.25, -0.2) is 0 Å². The first kappa shape index (κ1) is 13.8. The summed E-state index contributed by atoms with van der Waals surface area (Å²) in [5.41, 5.74) is 7.60. The standard InChI is InChI=1S/C16H18ClNO/c17-15-12-14(9-10-16(15)18)19-11-5-4-8-13-6-2-1-3-7-13/h1-3,6-7,9-10,12H,4-5,8,11,18H2. The Morgan fingerprint density at radius 3 is 2.53 bits per heavy atom. The van der Waals surface area contributed by atoms with Crippen molar-refractivity contribution in [3.05, 3.63) is 59.1 Å². The van der Waals surface area contributed by atoms with Gasteiger partial charge in [0, 0.05) is 6.07 Å². The number of unbranched alkanes of at least 4 members (excludes halogenated alkanes) is 1. The Hall–Kier alpha value is -1.67. The number of ether oxygens (including phenoxy) is 1. The molecule has 0 bridgehead atoms. The molecule has 100 valence electrons.